The zero-order valence-corrected chi connectivity index (χ0v) is 17.8. The second kappa shape index (κ2) is 10.2. The average Bonchev–Trinajstić information content (AvgIpc) is 3.18. The van der Waals surface area contributed by atoms with E-state index in [0.717, 1.165) is 43.4 Å². The molecule has 0 radical (unpaired) electrons. The van der Waals surface area contributed by atoms with Gasteiger partial charge in [0.2, 0.25) is 5.91 Å². The molecule has 0 atom stereocenters. The Balaban J connectivity index is 1.57. The smallest absolute Gasteiger partial charge is 0.242 e. The number of amides is 1. The van der Waals surface area contributed by atoms with Crippen LogP contribution >= 0.6 is 11.6 Å². The quantitative estimate of drug-likeness (QED) is 0.549. The van der Waals surface area contributed by atoms with Crippen molar-refractivity contribution in [2.24, 2.45) is 4.99 Å². The Hall–Kier alpha value is -2.61. The van der Waals surface area contributed by atoms with Gasteiger partial charge in [0.25, 0.3) is 0 Å². The predicted octanol–water partition coefficient (Wildman–Crippen LogP) is 1.80. The van der Waals surface area contributed by atoms with Gasteiger partial charge in [0.1, 0.15) is 12.2 Å². The van der Waals surface area contributed by atoms with Gasteiger partial charge in [0.05, 0.1) is 13.1 Å². The first kappa shape index (κ1) is 21.1. The fourth-order valence-electron chi connectivity index (χ4n) is 3.30. The lowest BCUT2D eigenvalue weighted by Crippen LogP contribution is -2.55. The number of hydrogen-bond acceptors (Lipinski definition) is 4. The van der Waals surface area contributed by atoms with Gasteiger partial charge in [-0.3, -0.25) is 9.79 Å². The molecule has 1 aromatic heterocycles. The molecule has 0 spiro atoms. The van der Waals surface area contributed by atoms with Crippen LogP contribution < -0.4 is 5.32 Å². The zero-order valence-electron chi connectivity index (χ0n) is 17.0. The molecule has 8 nitrogen and oxygen atoms in total. The zero-order chi connectivity index (χ0) is 20.6. The summed E-state index contributed by atoms with van der Waals surface area (Å²) in [6.45, 7) is 8.51. The number of guanidine groups is 1. The number of benzene rings is 1. The van der Waals surface area contributed by atoms with Gasteiger partial charge in [0.15, 0.2) is 5.96 Å². The van der Waals surface area contributed by atoms with E-state index >= 15 is 0 Å². The van der Waals surface area contributed by atoms with Gasteiger partial charge in [-0.25, -0.2) is 0 Å². The topological polar surface area (TPSA) is 78.7 Å². The molecular formula is C20H28ClN7O. The van der Waals surface area contributed by atoms with E-state index in [1.165, 1.54) is 0 Å². The molecule has 0 saturated carbocycles. The predicted molar refractivity (Wildman–Crippen MR) is 114 cm³/mol. The van der Waals surface area contributed by atoms with Crippen molar-refractivity contribution >= 4 is 23.5 Å². The molecule has 1 saturated heterocycles. The van der Waals surface area contributed by atoms with E-state index in [2.05, 4.69) is 22.4 Å². The number of piperazine rings is 1. The van der Waals surface area contributed by atoms with E-state index in [4.69, 9.17) is 16.6 Å². The molecule has 1 fully saturated rings. The van der Waals surface area contributed by atoms with Crippen molar-refractivity contribution in [3.05, 3.63) is 47.0 Å². The van der Waals surface area contributed by atoms with Crippen molar-refractivity contribution < 1.29 is 4.79 Å². The van der Waals surface area contributed by atoms with Crippen LogP contribution in [0.4, 0.5) is 0 Å². The summed E-state index contributed by atoms with van der Waals surface area (Å²) >= 11 is 5.94. The van der Waals surface area contributed by atoms with Gasteiger partial charge in [-0.05, 0) is 24.6 Å². The largest absolute Gasteiger partial charge is 0.357 e. The highest BCUT2D eigenvalue weighted by atomic mass is 35.5. The summed E-state index contributed by atoms with van der Waals surface area (Å²) in [4.78, 5) is 21.3. The van der Waals surface area contributed by atoms with E-state index in [1.807, 2.05) is 45.6 Å². The van der Waals surface area contributed by atoms with Crippen molar-refractivity contribution in [2.75, 3.05) is 32.7 Å². The molecule has 29 heavy (non-hydrogen) atoms. The van der Waals surface area contributed by atoms with Crippen molar-refractivity contribution in [1.29, 1.82) is 0 Å². The van der Waals surface area contributed by atoms with Crippen molar-refractivity contribution in [3.8, 4) is 0 Å². The second-order valence-electron chi connectivity index (χ2n) is 6.89. The SMILES string of the molecule is CCNC(=NCCn1cnnc1CC)N1CCN(Cc2ccc(Cl)cc2)C(=O)C1. The lowest BCUT2D eigenvalue weighted by atomic mass is 10.2. The van der Waals surface area contributed by atoms with E-state index < -0.39 is 0 Å². The Morgan fingerprint density at radius 1 is 1.24 bits per heavy atom. The Bertz CT molecular complexity index is 834. The molecule has 2 heterocycles. The first-order valence-electron chi connectivity index (χ1n) is 10.0. The van der Waals surface area contributed by atoms with Crippen LogP contribution in [0.15, 0.2) is 35.6 Å². The van der Waals surface area contributed by atoms with Crippen LogP contribution in [0, 0.1) is 0 Å². The molecule has 1 aliphatic rings. The fourth-order valence-corrected chi connectivity index (χ4v) is 3.42. The third-order valence-corrected chi connectivity index (χ3v) is 5.11. The normalized spacial score (nSPS) is 15.1. The molecule has 1 aromatic carbocycles. The van der Waals surface area contributed by atoms with Crippen LogP contribution in [0.2, 0.25) is 5.02 Å². The number of halogens is 1. The lowest BCUT2D eigenvalue weighted by Gasteiger charge is -2.36. The van der Waals surface area contributed by atoms with Crippen LogP contribution in [-0.2, 0) is 24.3 Å². The molecule has 1 amide bonds. The minimum atomic E-state index is 0.101. The molecule has 1 aliphatic heterocycles. The standard InChI is InChI=1S/C20H28ClN7O/c1-3-18-25-24-15-28(18)10-9-23-20(22-4-2)27-12-11-26(19(29)14-27)13-16-5-7-17(21)8-6-16/h5-8,15H,3-4,9-14H2,1-2H3,(H,22,23). The molecule has 156 valence electrons. The number of carbonyl (C=O) groups excluding carboxylic acids is 1. The van der Waals surface area contributed by atoms with Gasteiger partial charge >= 0.3 is 0 Å². The molecule has 0 bridgehead atoms. The highest BCUT2D eigenvalue weighted by Crippen LogP contribution is 2.13. The summed E-state index contributed by atoms with van der Waals surface area (Å²) in [5.74, 6) is 1.83. The van der Waals surface area contributed by atoms with Crippen LogP contribution in [0.25, 0.3) is 0 Å². The summed E-state index contributed by atoms with van der Waals surface area (Å²) < 4.78 is 2.02. The molecule has 3 rings (SSSR count). The third-order valence-electron chi connectivity index (χ3n) is 4.85. The maximum absolute atomic E-state index is 12.7. The summed E-state index contributed by atoms with van der Waals surface area (Å²) in [6, 6.07) is 7.63. The summed E-state index contributed by atoms with van der Waals surface area (Å²) in [7, 11) is 0. The Morgan fingerprint density at radius 2 is 2.03 bits per heavy atom. The Morgan fingerprint density at radius 3 is 2.72 bits per heavy atom. The summed E-state index contributed by atoms with van der Waals surface area (Å²) in [5, 5.41) is 12.1. The molecule has 0 aliphatic carbocycles. The summed E-state index contributed by atoms with van der Waals surface area (Å²) in [6.07, 6.45) is 2.58. The maximum atomic E-state index is 12.7. The number of carbonyl (C=O) groups is 1. The van der Waals surface area contributed by atoms with Gasteiger partial charge in [-0.15, -0.1) is 10.2 Å². The monoisotopic (exact) mass is 417 g/mol. The van der Waals surface area contributed by atoms with Gasteiger partial charge < -0.3 is 19.7 Å². The van der Waals surface area contributed by atoms with Gasteiger partial charge in [-0.2, -0.15) is 0 Å². The van der Waals surface area contributed by atoms with Gasteiger partial charge in [0, 0.05) is 44.2 Å². The molecule has 1 N–H and O–H groups in total. The molecule has 9 heteroatoms. The van der Waals surface area contributed by atoms with Crippen LogP contribution in [-0.4, -0.2) is 69.2 Å². The first-order chi connectivity index (χ1) is 14.1. The first-order valence-corrected chi connectivity index (χ1v) is 10.4. The fraction of sp³-hybridized carbons (Fsp3) is 0.500. The minimum Gasteiger partial charge on any atom is -0.357 e. The highest BCUT2D eigenvalue weighted by Gasteiger charge is 2.25. The highest BCUT2D eigenvalue weighted by molar-refractivity contribution is 6.30. The van der Waals surface area contributed by atoms with Crippen LogP contribution in [0.5, 0.6) is 0 Å². The van der Waals surface area contributed by atoms with Crippen molar-refractivity contribution in [2.45, 2.75) is 33.4 Å². The second-order valence-corrected chi connectivity index (χ2v) is 7.33. The Labute approximate surface area is 176 Å². The number of nitrogens with one attached hydrogen (secondary N) is 1. The molecular weight excluding hydrogens is 390 g/mol. The number of aryl methyl sites for hydroxylation is 1. The van der Waals surface area contributed by atoms with E-state index in [1.54, 1.807) is 6.33 Å². The van der Waals surface area contributed by atoms with Crippen LogP contribution in [0.1, 0.15) is 25.2 Å². The number of rotatable bonds is 7. The van der Waals surface area contributed by atoms with Crippen molar-refractivity contribution in [3.63, 3.8) is 0 Å². The molecule has 2 aromatic rings. The number of nitrogens with zero attached hydrogens (tertiary/aromatic N) is 6. The number of aliphatic imine (C=N–C) groups is 1. The minimum absolute atomic E-state index is 0.101. The summed E-state index contributed by atoms with van der Waals surface area (Å²) in [5.41, 5.74) is 1.08. The lowest BCUT2D eigenvalue weighted by molar-refractivity contribution is -0.135. The molecule has 0 unspecified atom stereocenters. The average molecular weight is 418 g/mol. The third kappa shape index (κ3) is 5.69. The van der Waals surface area contributed by atoms with Crippen LogP contribution in [0.3, 0.4) is 0 Å². The maximum Gasteiger partial charge on any atom is 0.242 e. The number of hydrogen-bond donors (Lipinski definition) is 1. The van der Waals surface area contributed by atoms with Gasteiger partial charge in [-0.1, -0.05) is 30.7 Å². The van der Waals surface area contributed by atoms with E-state index in [-0.39, 0.29) is 5.91 Å². The van der Waals surface area contributed by atoms with E-state index in [0.29, 0.717) is 31.2 Å². The number of aromatic nitrogens is 3. The van der Waals surface area contributed by atoms with E-state index in [9.17, 15) is 4.79 Å². The van der Waals surface area contributed by atoms with Crippen molar-refractivity contribution in [1.82, 2.24) is 29.9 Å². The Kier molecular flexibility index (Phi) is 7.46.